The number of ether oxygens (including phenoxy) is 1. The van der Waals surface area contributed by atoms with Gasteiger partial charge in [-0.15, -0.1) is 0 Å². The van der Waals surface area contributed by atoms with Crippen molar-refractivity contribution in [2.45, 2.75) is 12.8 Å². The van der Waals surface area contributed by atoms with Gasteiger partial charge in [0.25, 0.3) is 0 Å². The fraction of sp³-hybridized carbons (Fsp3) is 0.267. The number of nitrogens with zero attached hydrogens (tertiary/aromatic N) is 1. The van der Waals surface area contributed by atoms with E-state index >= 15 is 0 Å². The molecule has 3 nitrogen and oxygen atoms in total. The van der Waals surface area contributed by atoms with Crippen molar-refractivity contribution in [2.75, 3.05) is 7.11 Å². The number of benzene rings is 1. The van der Waals surface area contributed by atoms with Crippen LogP contribution in [0.4, 0.5) is 0 Å². The summed E-state index contributed by atoms with van der Waals surface area (Å²) in [7, 11) is 3.56. The minimum absolute atomic E-state index is 0.168. The molecule has 0 aliphatic carbocycles. The van der Waals surface area contributed by atoms with Crippen LogP contribution in [0.5, 0.6) is 5.75 Å². The topological polar surface area (TPSA) is 31.2 Å². The van der Waals surface area contributed by atoms with E-state index in [4.69, 9.17) is 4.74 Å². The summed E-state index contributed by atoms with van der Waals surface area (Å²) < 4.78 is 7.16. The van der Waals surface area contributed by atoms with Crippen molar-refractivity contribution in [3.8, 4) is 5.75 Å². The van der Waals surface area contributed by atoms with E-state index in [2.05, 4.69) is 0 Å². The molecule has 18 heavy (non-hydrogen) atoms. The van der Waals surface area contributed by atoms with Crippen molar-refractivity contribution in [2.24, 2.45) is 7.05 Å². The zero-order chi connectivity index (χ0) is 13.0. The van der Waals surface area contributed by atoms with Gasteiger partial charge in [0.2, 0.25) is 0 Å². The summed E-state index contributed by atoms with van der Waals surface area (Å²) >= 11 is 0. The Kier molecular flexibility index (Phi) is 3.82. The monoisotopic (exact) mass is 243 g/mol. The predicted octanol–water partition coefficient (Wildman–Crippen LogP) is 2.85. The van der Waals surface area contributed by atoms with E-state index in [0.29, 0.717) is 12.8 Å². The summed E-state index contributed by atoms with van der Waals surface area (Å²) in [4.78, 5) is 12.0. The van der Waals surface area contributed by atoms with E-state index in [1.807, 2.05) is 54.3 Å². The Hall–Kier alpha value is -2.03. The molecule has 1 heterocycles. The van der Waals surface area contributed by atoms with Gasteiger partial charge in [-0.25, -0.2) is 0 Å². The number of carbonyl (C=O) groups excluding carboxylic acids is 1. The molecule has 0 bridgehead atoms. The van der Waals surface area contributed by atoms with Crippen molar-refractivity contribution >= 4 is 5.78 Å². The van der Waals surface area contributed by atoms with Crippen LogP contribution >= 0.6 is 0 Å². The predicted molar refractivity (Wildman–Crippen MR) is 71.1 cm³/mol. The zero-order valence-corrected chi connectivity index (χ0v) is 10.7. The lowest BCUT2D eigenvalue weighted by molar-refractivity contribution is 0.0982. The van der Waals surface area contributed by atoms with Crippen LogP contribution in [0.3, 0.4) is 0 Å². The van der Waals surface area contributed by atoms with Crippen molar-refractivity contribution in [1.29, 1.82) is 0 Å². The average molecular weight is 243 g/mol. The molecule has 0 saturated heterocycles. The lowest BCUT2D eigenvalue weighted by atomic mass is 10.0. The molecule has 3 heteroatoms. The highest BCUT2D eigenvalue weighted by Crippen LogP contribution is 2.19. The Morgan fingerprint density at radius 3 is 2.72 bits per heavy atom. The molecule has 0 aliphatic heterocycles. The molecule has 0 fully saturated rings. The number of hydrogen-bond donors (Lipinski definition) is 0. The van der Waals surface area contributed by atoms with Crippen molar-refractivity contribution in [3.05, 3.63) is 53.9 Å². The first-order chi connectivity index (χ1) is 8.70. The molecular formula is C15H17NO2. The van der Waals surface area contributed by atoms with Gasteiger partial charge in [0.05, 0.1) is 7.11 Å². The van der Waals surface area contributed by atoms with Gasteiger partial charge in [-0.2, -0.15) is 0 Å². The highest BCUT2D eigenvalue weighted by molar-refractivity contribution is 5.96. The molecule has 1 aromatic carbocycles. The molecule has 2 aromatic rings. The molecule has 0 unspecified atom stereocenters. The SMILES string of the molecule is COc1ccccc1CCC(=O)c1ccn(C)c1. The number of Topliss-reactive ketones (excluding diaryl/α,β-unsaturated/α-hetero) is 1. The van der Waals surface area contributed by atoms with Crippen LogP contribution in [0.1, 0.15) is 22.3 Å². The molecule has 0 N–H and O–H groups in total. The molecule has 0 atom stereocenters. The molecule has 0 spiro atoms. The highest BCUT2D eigenvalue weighted by Gasteiger charge is 2.09. The van der Waals surface area contributed by atoms with Gasteiger partial charge in [0.1, 0.15) is 5.75 Å². The number of carbonyl (C=O) groups is 1. The summed E-state index contributed by atoms with van der Waals surface area (Å²) in [6.45, 7) is 0. The maximum absolute atomic E-state index is 12.0. The van der Waals surface area contributed by atoms with E-state index in [1.165, 1.54) is 0 Å². The van der Waals surface area contributed by atoms with Gasteiger partial charge in [-0.3, -0.25) is 4.79 Å². The molecule has 0 radical (unpaired) electrons. The number of aryl methyl sites for hydroxylation is 2. The molecule has 2 rings (SSSR count). The first kappa shape index (κ1) is 12.4. The molecule has 94 valence electrons. The Bertz CT molecular complexity index is 543. The Labute approximate surface area is 107 Å². The van der Waals surface area contributed by atoms with Crippen LogP contribution in [0.15, 0.2) is 42.7 Å². The number of aromatic nitrogens is 1. The molecule has 0 aliphatic rings. The fourth-order valence-electron chi connectivity index (χ4n) is 1.97. The second kappa shape index (κ2) is 5.54. The average Bonchev–Trinajstić information content (AvgIpc) is 2.83. The zero-order valence-electron chi connectivity index (χ0n) is 10.7. The van der Waals surface area contributed by atoms with Crippen LogP contribution in [-0.2, 0) is 13.5 Å². The third-order valence-corrected chi connectivity index (χ3v) is 2.97. The fourth-order valence-corrected chi connectivity index (χ4v) is 1.97. The number of methoxy groups -OCH3 is 1. The summed E-state index contributed by atoms with van der Waals surface area (Å²) in [6, 6.07) is 9.66. The molecule has 1 aromatic heterocycles. The van der Waals surface area contributed by atoms with Gasteiger partial charge < -0.3 is 9.30 Å². The van der Waals surface area contributed by atoms with E-state index in [-0.39, 0.29) is 5.78 Å². The standard InChI is InChI=1S/C15H17NO2/c1-16-10-9-13(11-16)14(17)8-7-12-5-3-4-6-15(12)18-2/h3-6,9-11H,7-8H2,1-2H3. The van der Waals surface area contributed by atoms with Gasteiger partial charge in [-0.05, 0) is 24.1 Å². The van der Waals surface area contributed by atoms with Crippen molar-refractivity contribution in [3.63, 3.8) is 0 Å². The Morgan fingerprint density at radius 1 is 1.28 bits per heavy atom. The lowest BCUT2D eigenvalue weighted by Crippen LogP contribution is -2.01. The van der Waals surface area contributed by atoms with Crippen molar-refractivity contribution < 1.29 is 9.53 Å². The first-order valence-electron chi connectivity index (χ1n) is 5.98. The summed E-state index contributed by atoms with van der Waals surface area (Å²) in [5, 5.41) is 0. The smallest absolute Gasteiger partial charge is 0.164 e. The number of hydrogen-bond acceptors (Lipinski definition) is 2. The van der Waals surface area contributed by atoms with Crippen LogP contribution in [-0.4, -0.2) is 17.5 Å². The Morgan fingerprint density at radius 2 is 2.06 bits per heavy atom. The quantitative estimate of drug-likeness (QED) is 0.756. The summed E-state index contributed by atoms with van der Waals surface area (Å²) in [6.07, 6.45) is 4.95. The van der Waals surface area contributed by atoms with Gasteiger partial charge >= 0.3 is 0 Å². The van der Waals surface area contributed by atoms with E-state index < -0.39 is 0 Å². The normalized spacial score (nSPS) is 10.3. The van der Waals surface area contributed by atoms with Crippen LogP contribution in [0.2, 0.25) is 0 Å². The van der Waals surface area contributed by atoms with E-state index in [9.17, 15) is 4.79 Å². The molecular weight excluding hydrogens is 226 g/mol. The van der Waals surface area contributed by atoms with Crippen molar-refractivity contribution in [1.82, 2.24) is 4.57 Å². The minimum atomic E-state index is 0.168. The number of para-hydroxylation sites is 1. The summed E-state index contributed by atoms with van der Waals surface area (Å²) in [5.41, 5.74) is 1.84. The maximum atomic E-state index is 12.0. The molecule has 0 saturated carbocycles. The minimum Gasteiger partial charge on any atom is -0.496 e. The highest BCUT2D eigenvalue weighted by atomic mass is 16.5. The maximum Gasteiger partial charge on any atom is 0.164 e. The van der Waals surface area contributed by atoms with Gasteiger partial charge in [-0.1, -0.05) is 18.2 Å². The summed E-state index contributed by atoms with van der Waals surface area (Å²) in [5.74, 6) is 1.01. The number of rotatable bonds is 5. The van der Waals surface area contributed by atoms with Crippen LogP contribution in [0.25, 0.3) is 0 Å². The van der Waals surface area contributed by atoms with Gasteiger partial charge in [0, 0.05) is 31.4 Å². The second-order valence-electron chi connectivity index (χ2n) is 4.30. The largest absolute Gasteiger partial charge is 0.496 e. The third-order valence-electron chi connectivity index (χ3n) is 2.97. The van der Waals surface area contributed by atoms with Crippen LogP contribution < -0.4 is 4.74 Å². The first-order valence-corrected chi connectivity index (χ1v) is 5.98. The Balaban J connectivity index is 2.01. The lowest BCUT2D eigenvalue weighted by Gasteiger charge is -2.07. The third kappa shape index (κ3) is 2.80. The van der Waals surface area contributed by atoms with Gasteiger partial charge in [0.15, 0.2) is 5.78 Å². The second-order valence-corrected chi connectivity index (χ2v) is 4.30. The van der Waals surface area contributed by atoms with E-state index in [1.54, 1.807) is 7.11 Å². The molecule has 0 amide bonds. The van der Waals surface area contributed by atoms with E-state index in [0.717, 1.165) is 16.9 Å². The number of ketones is 1. The van der Waals surface area contributed by atoms with Crippen LogP contribution in [0, 0.1) is 0 Å².